The molecule has 21 heavy (non-hydrogen) atoms. The van der Waals surface area contributed by atoms with Gasteiger partial charge in [-0.05, 0) is 23.1 Å². The summed E-state index contributed by atoms with van der Waals surface area (Å²) in [4.78, 5) is 0. The molecule has 1 atom stereocenters. The van der Waals surface area contributed by atoms with Crippen LogP contribution in [0.5, 0.6) is 5.75 Å². The van der Waals surface area contributed by atoms with Crippen LogP contribution in [0.15, 0.2) is 24.3 Å². The molecule has 0 saturated carbocycles. The predicted molar refractivity (Wildman–Crippen MR) is 84.0 cm³/mol. The van der Waals surface area contributed by atoms with Crippen molar-refractivity contribution < 1.29 is 37.9 Å². The Kier molecular flexibility index (Phi) is 8.21. The summed E-state index contributed by atoms with van der Waals surface area (Å²) < 4.78 is 12.3. The molecule has 0 N–H and O–H groups in total. The largest absolute Gasteiger partial charge is 1.00 e. The number of likely N-dealkylation sites (N-methyl/N-ethyl adjacent to an activating group) is 1. The van der Waals surface area contributed by atoms with Crippen LogP contribution in [-0.2, 0) is 4.74 Å². The number of halogens is 1. The van der Waals surface area contributed by atoms with Crippen molar-refractivity contribution in [1.82, 2.24) is 0 Å². The number of quaternary nitrogens is 1. The summed E-state index contributed by atoms with van der Waals surface area (Å²) in [5.74, 6) is 0.882. The standard InChI is InChI=1S/C17H30NO2.HI/c1-17(2,3)16(20-13-12-18(4,5)6)14-8-10-15(19-7)11-9-14;/h8-11,16H,12-13H2,1-7H3;1H/q+1;/p-1. The Labute approximate surface area is 147 Å². The van der Waals surface area contributed by atoms with Crippen molar-refractivity contribution in [3.8, 4) is 5.75 Å². The summed E-state index contributed by atoms with van der Waals surface area (Å²) in [7, 11) is 8.24. The molecule has 1 unspecified atom stereocenters. The zero-order valence-electron chi connectivity index (χ0n) is 14.4. The van der Waals surface area contributed by atoms with Crippen LogP contribution in [0.3, 0.4) is 0 Å². The summed E-state index contributed by atoms with van der Waals surface area (Å²) in [6, 6.07) is 8.19. The summed E-state index contributed by atoms with van der Waals surface area (Å²) in [6.45, 7) is 8.41. The van der Waals surface area contributed by atoms with Gasteiger partial charge >= 0.3 is 0 Å². The number of rotatable bonds is 6. The van der Waals surface area contributed by atoms with E-state index in [0.717, 1.165) is 23.4 Å². The van der Waals surface area contributed by atoms with Crippen LogP contribution < -0.4 is 28.7 Å². The average molecular weight is 407 g/mol. The molecule has 0 heterocycles. The monoisotopic (exact) mass is 407 g/mol. The van der Waals surface area contributed by atoms with Gasteiger partial charge in [0.15, 0.2) is 0 Å². The maximum atomic E-state index is 6.19. The van der Waals surface area contributed by atoms with E-state index >= 15 is 0 Å². The van der Waals surface area contributed by atoms with Gasteiger partial charge in [-0.2, -0.15) is 0 Å². The fraction of sp³-hybridized carbons (Fsp3) is 0.647. The maximum absolute atomic E-state index is 6.19. The number of ether oxygens (including phenoxy) is 2. The van der Waals surface area contributed by atoms with Crippen molar-refractivity contribution in [3.05, 3.63) is 29.8 Å². The lowest BCUT2D eigenvalue weighted by Crippen LogP contribution is -3.00. The smallest absolute Gasteiger partial charge is 0.118 e. The predicted octanol–water partition coefficient (Wildman–Crippen LogP) is 0.509. The van der Waals surface area contributed by atoms with E-state index in [1.807, 2.05) is 12.1 Å². The molecular weight excluding hydrogens is 377 g/mol. The minimum atomic E-state index is 0. The van der Waals surface area contributed by atoms with Crippen LogP contribution in [0.25, 0.3) is 0 Å². The van der Waals surface area contributed by atoms with Crippen molar-refractivity contribution in [3.63, 3.8) is 0 Å². The number of benzene rings is 1. The normalized spacial score (nSPS) is 13.5. The molecule has 0 fully saturated rings. The highest BCUT2D eigenvalue weighted by atomic mass is 127. The zero-order valence-corrected chi connectivity index (χ0v) is 16.6. The SMILES string of the molecule is COc1ccc(C(OCC[N+](C)(C)C)C(C)(C)C)cc1.[I-]. The molecule has 0 aliphatic carbocycles. The van der Waals surface area contributed by atoms with Crippen LogP contribution in [0.2, 0.25) is 0 Å². The van der Waals surface area contributed by atoms with E-state index in [9.17, 15) is 0 Å². The Hall–Kier alpha value is -0.330. The van der Waals surface area contributed by atoms with Crippen LogP contribution in [0.4, 0.5) is 0 Å². The van der Waals surface area contributed by atoms with Gasteiger partial charge in [0.1, 0.15) is 12.3 Å². The first-order valence-corrected chi connectivity index (χ1v) is 7.19. The molecule has 3 nitrogen and oxygen atoms in total. The van der Waals surface area contributed by atoms with E-state index in [1.54, 1.807) is 7.11 Å². The highest BCUT2D eigenvalue weighted by molar-refractivity contribution is 5.29. The van der Waals surface area contributed by atoms with Crippen molar-refractivity contribution in [2.45, 2.75) is 26.9 Å². The van der Waals surface area contributed by atoms with Crippen molar-refractivity contribution in [1.29, 1.82) is 0 Å². The minimum Gasteiger partial charge on any atom is -1.00 e. The van der Waals surface area contributed by atoms with Crippen LogP contribution in [0, 0.1) is 5.41 Å². The number of hydrogen-bond donors (Lipinski definition) is 0. The molecule has 0 radical (unpaired) electrons. The van der Waals surface area contributed by atoms with E-state index in [-0.39, 0.29) is 35.5 Å². The van der Waals surface area contributed by atoms with Crippen molar-refractivity contribution >= 4 is 0 Å². The van der Waals surface area contributed by atoms with Crippen LogP contribution in [-0.4, -0.2) is 45.9 Å². The highest BCUT2D eigenvalue weighted by Crippen LogP contribution is 2.36. The minimum absolute atomic E-state index is 0. The summed E-state index contributed by atoms with van der Waals surface area (Å²) in [5, 5.41) is 0. The Bertz CT molecular complexity index is 404. The lowest BCUT2D eigenvalue weighted by atomic mass is 9.84. The van der Waals surface area contributed by atoms with Gasteiger partial charge < -0.3 is 37.9 Å². The molecular formula is C17H30INO2. The molecule has 0 amide bonds. The number of methoxy groups -OCH3 is 1. The van der Waals surface area contributed by atoms with E-state index in [1.165, 1.54) is 5.56 Å². The van der Waals surface area contributed by atoms with Gasteiger partial charge in [0, 0.05) is 0 Å². The van der Waals surface area contributed by atoms with Crippen LogP contribution in [0.1, 0.15) is 32.4 Å². The topological polar surface area (TPSA) is 18.5 Å². The molecule has 1 aromatic rings. The Morgan fingerprint density at radius 1 is 1.05 bits per heavy atom. The number of hydrogen-bond acceptors (Lipinski definition) is 2. The highest BCUT2D eigenvalue weighted by Gasteiger charge is 2.27. The Balaban J connectivity index is 0.00000400. The molecule has 1 rings (SSSR count). The first kappa shape index (κ1) is 20.7. The van der Waals surface area contributed by atoms with Gasteiger partial charge in [-0.1, -0.05) is 32.9 Å². The van der Waals surface area contributed by atoms with Crippen LogP contribution >= 0.6 is 0 Å². The third-order valence-corrected chi connectivity index (χ3v) is 3.25. The second-order valence-corrected chi connectivity index (χ2v) is 7.40. The van der Waals surface area contributed by atoms with Gasteiger partial charge in [-0.25, -0.2) is 0 Å². The third-order valence-electron chi connectivity index (χ3n) is 3.25. The van der Waals surface area contributed by atoms with Crippen molar-refractivity contribution in [2.75, 3.05) is 41.4 Å². The Morgan fingerprint density at radius 3 is 1.95 bits per heavy atom. The maximum Gasteiger partial charge on any atom is 0.118 e. The van der Waals surface area contributed by atoms with E-state index < -0.39 is 0 Å². The molecule has 0 aromatic heterocycles. The summed E-state index contributed by atoms with van der Waals surface area (Å²) in [6.07, 6.45) is 0.0972. The number of nitrogens with zero attached hydrogens (tertiary/aromatic N) is 1. The molecule has 1 aromatic carbocycles. The molecule has 0 aliphatic heterocycles. The van der Waals surface area contributed by atoms with Gasteiger partial charge in [0.25, 0.3) is 0 Å². The molecule has 4 heteroatoms. The second kappa shape index (κ2) is 8.34. The van der Waals surface area contributed by atoms with Gasteiger partial charge in [0.05, 0.1) is 41.0 Å². The molecule has 122 valence electrons. The fourth-order valence-corrected chi connectivity index (χ4v) is 2.07. The third kappa shape index (κ3) is 7.47. The second-order valence-electron chi connectivity index (χ2n) is 7.40. The molecule has 0 aliphatic rings. The van der Waals surface area contributed by atoms with Gasteiger partial charge in [-0.3, -0.25) is 0 Å². The summed E-state index contributed by atoms with van der Waals surface area (Å²) >= 11 is 0. The lowest BCUT2D eigenvalue weighted by Gasteiger charge is -2.32. The Morgan fingerprint density at radius 2 is 1.57 bits per heavy atom. The molecule has 0 saturated heterocycles. The zero-order chi connectivity index (χ0) is 15.4. The molecule has 0 bridgehead atoms. The molecule has 0 spiro atoms. The van der Waals surface area contributed by atoms with E-state index in [0.29, 0.717) is 0 Å². The lowest BCUT2D eigenvalue weighted by molar-refractivity contribution is -0.870. The quantitative estimate of drug-likeness (QED) is 0.506. The van der Waals surface area contributed by atoms with E-state index in [2.05, 4.69) is 54.0 Å². The van der Waals surface area contributed by atoms with Gasteiger partial charge in [-0.15, -0.1) is 0 Å². The van der Waals surface area contributed by atoms with Crippen molar-refractivity contribution in [2.24, 2.45) is 5.41 Å². The fourth-order valence-electron chi connectivity index (χ4n) is 2.07. The summed E-state index contributed by atoms with van der Waals surface area (Å²) in [5.41, 5.74) is 1.28. The van der Waals surface area contributed by atoms with E-state index in [4.69, 9.17) is 9.47 Å². The van der Waals surface area contributed by atoms with Gasteiger partial charge in [0.2, 0.25) is 0 Å². The first-order chi connectivity index (χ1) is 9.13. The first-order valence-electron chi connectivity index (χ1n) is 7.19. The average Bonchev–Trinajstić information content (AvgIpc) is 2.32.